The fourth-order valence-corrected chi connectivity index (χ4v) is 3.03. The molecule has 0 fully saturated rings. The van der Waals surface area contributed by atoms with Crippen LogP contribution in [0.25, 0.3) is 0 Å². The quantitative estimate of drug-likeness (QED) is 0.606. The molecule has 2 heterocycles. The average molecular weight is 367 g/mol. The van der Waals surface area contributed by atoms with Crippen LogP contribution in [0.1, 0.15) is 19.4 Å². The van der Waals surface area contributed by atoms with E-state index >= 15 is 0 Å². The molecule has 0 N–H and O–H groups in total. The zero-order chi connectivity index (χ0) is 12.5. The van der Waals surface area contributed by atoms with E-state index in [-0.39, 0.29) is 0 Å². The van der Waals surface area contributed by atoms with Crippen LogP contribution in [-0.2, 0) is 15.3 Å². The highest BCUT2D eigenvalue weighted by molar-refractivity contribution is 9.25. The molecule has 4 nitrogen and oxygen atoms in total. The Kier molecular flexibility index (Phi) is 3.77. The van der Waals surface area contributed by atoms with E-state index in [9.17, 15) is 0 Å². The van der Waals surface area contributed by atoms with Crippen LogP contribution in [0.3, 0.4) is 0 Å². The summed E-state index contributed by atoms with van der Waals surface area (Å²) in [4.78, 5) is 4.17. The lowest BCUT2D eigenvalue weighted by Crippen LogP contribution is -2.46. The number of aromatic nitrogens is 1. The molecule has 17 heavy (non-hydrogen) atoms. The minimum absolute atomic E-state index is 0.497. The average Bonchev–Trinajstić information content (AvgIpc) is 2.49. The van der Waals surface area contributed by atoms with Crippen molar-refractivity contribution in [3.05, 3.63) is 23.9 Å². The van der Waals surface area contributed by atoms with Gasteiger partial charge in [0.1, 0.15) is 0 Å². The van der Waals surface area contributed by atoms with Crippen LogP contribution in [0.2, 0.25) is 0 Å². The predicted octanol–water partition coefficient (Wildman–Crippen LogP) is 3.14. The van der Waals surface area contributed by atoms with Crippen LogP contribution in [-0.4, -0.2) is 21.6 Å². The lowest BCUT2D eigenvalue weighted by atomic mass is 10.1. The first-order chi connectivity index (χ1) is 8.07. The van der Waals surface area contributed by atoms with Crippen molar-refractivity contribution in [1.29, 1.82) is 0 Å². The Morgan fingerprint density at radius 1 is 1.29 bits per heavy atom. The SMILES string of the molecule is CCOC1(OCC)c2cccnc2OC1(Br)Br. The number of ether oxygens (including phenoxy) is 3. The number of hydrogen-bond donors (Lipinski definition) is 0. The van der Waals surface area contributed by atoms with Gasteiger partial charge in [0.2, 0.25) is 5.88 Å². The molecule has 0 aliphatic carbocycles. The first kappa shape index (κ1) is 13.3. The summed E-state index contributed by atoms with van der Waals surface area (Å²) in [5.41, 5.74) is 0.775. The van der Waals surface area contributed by atoms with Crippen molar-refractivity contribution in [3.63, 3.8) is 0 Å². The third-order valence-electron chi connectivity index (χ3n) is 2.43. The molecule has 1 aromatic heterocycles. The molecule has 1 aromatic rings. The Morgan fingerprint density at radius 2 is 1.94 bits per heavy atom. The van der Waals surface area contributed by atoms with Gasteiger partial charge < -0.3 is 14.2 Å². The highest BCUT2D eigenvalue weighted by Crippen LogP contribution is 2.56. The second-order valence-electron chi connectivity index (χ2n) is 3.46. The smallest absolute Gasteiger partial charge is 0.277 e. The van der Waals surface area contributed by atoms with E-state index in [4.69, 9.17) is 14.2 Å². The number of alkyl halides is 2. The molecule has 0 amide bonds. The first-order valence-electron chi connectivity index (χ1n) is 5.37. The predicted molar refractivity (Wildman–Crippen MR) is 70.4 cm³/mol. The van der Waals surface area contributed by atoms with Crippen LogP contribution in [0.15, 0.2) is 18.3 Å². The number of rotatable bonds is 4. The molecule has 6 heteroatoms. The van der Waals surface area contributed by atoms with Gasteiger partial charge in [0.15, 0.2) is 0 Å². The molecule has 0 saturated carbocycles. The summed E-state index contributed by atoms with van der Waals surface area (Å²) in [6, 6.07) is 3.72. The van der Waals surface area contributed by atoms with E-state index in [1.54, 1.807) is 6.20 Å². The van der Waals surface area contributed by atoms with E-state index in [0.717, 1.165) is 5.56 Å². The normalized spacial score (nSPS) is 19.8. The lowest BCUT2D eigenvalue weighted by molar-refractivity contribution is -0.258. The third kappa shape index (κ3) is 2.01. The number of nitrogens with zero attached hydrogens (tertiary/aromatic N) is 1. The van der Waals surface area contributed by atoms with Crippen molar-refractivity contribution >= 4 is 31.9 Å². The summed E-state index contributed by atoms with van der Waals surface area (Å²) in [5.74, 6) is -0.525. The van der Waals surface area contributed by atoms with Gasteiger partial charge in [0.05, 0.1) is 5.56 Å². The maximum absolute atomic E-state index is 5.79. The summed E-state index contributed by atoms with van der Waals surface area (Å²) in [7, 11) is 0. The molecule has 0 spiro atoms. The number of halogens is 2. The molecule has 0 aromatic carbocycles. The highest BCUT2D eigenvalue weighted by Gasteiger charge is 2.61. The van der Waals surface area contributed by atoms with Crippen LogP contribution in [0.4, 0.5) is 0 Å². The van der Waals surface area contributed by atoms with Crippen molar-refractivity contribution in [2.75, 3.05) is 13.2 Å². The standard InChI is InChI=1S/C11H13Br2NO3/c1-3-15-10(16-4-2)8-6-5-7-14-9(8)17-11(10,12)13/h5-7H,3-4H2,1-2H3. The zero-order valence-corrected chi connectivity index (χ0v) is 12.7. The van der Waals surface area contributed by atoms with Gasteiger partial charge in [0, 0.05) is 19.4 Å². The maximum Gasteiger partial charge on any atom is 0.277 e. The molecular formula is C11H13Br2NO3. The lowest BCUT2D eigenvalue weighted by Gasteiger charge is -2.35. The fraction of sp³-hybridized carbons (Fsp3) is 0.545. The van der Waals surface area contributed by atoms with E-state index in [1.165, 1.54) is 0 Å². The first-order valence-corrected chi connectivity index (χ1v) is 6.96. The molecule has 1 aliphatic rings. The molecule has 2 rings (SSSR count). The van der Waals surface area contributed by atoms with Crippen LogP contribution in [0.5, 0.6) is 5.88 Å². The fourth-order valence-electron chi connectivity index (χ4n) is 1.84. The molecule has 0 atom stereocenters. The third-order valence-corrected chi connectivity index (χ3v) is 3.80. The van der Waals surface area contributed by atoms with Crippen molar-refractivity contribution in [2.45, 2.75) is 23.1 Å². The van der Waals surface area contributed by atoms with Gasteiger partial charge in [-0.3, -0.25) is 0 Å². The highest BCUT2D eigenvalue weighted by atomic mass is 79.9. The van der Waals surface area contributed by atoms with Gasteiger partial charge >= 0.3 is 0 Å². The Labute approximate surface area is 117 Å². The summed E-state index contributed by atoms with van der Waals surface area (Å²) in [6.45, 7) is 4.81. The Bertz CT molecular complexity index is 405. The number of fused-ring (bicyclic) bond motifs is 1. The largest absolute Gasteiger partial charge is 0.442 e. The van der Waals surface area contributed by atoms with Crippen molar-refractivity contribution < 1.29 is 14.2 Å². The summed E-state index contributed by atoms with van der Waals surface area (Å²) in [6.07, 6.45) is 1.67. The monoisotopic (exact) mass is 365 g/mol. The molecule has 1 aliphatic heterocycles. The summed E-state index contributed by atoms with van der Waals surface area (Å²) < 4.78 is 16.3. The van der Waals surface area contributed by atoms with Gasteiger partial charge in [-0.15, -0.1) is 0 Å². The van der Waals surface area contributed by atoms with E-state index in [0.29, 0.717) is 19.1 Å². The Balaban J connectivity index is 2.53. The van der Waals surface area contributed by atoms with Crippen LogP contribution >= 0.6 is 31.9 Å². The summed E-state index contributed by atoms with van der Waals surface area (Å²) in [5, 5.41) is 0. The van der Waals surface area contributed by atoms with E-state index in [2.05, 4.69) is 36.8 Å². The molecule has 0 unspecified atom stereocenters. The Hall–Kier alpha value is -0.170. The molecule has 0 bridgehead atoms. The van der Waals surface area contributed by atoms with Gasteiger partial charge in [-0.2, -0.15) is 0 Å². The number of hydrogen-bond acceptors (Lipinski definition) is 4. The van der Waals surface area contributed by atoms with Gasteiger partial charge in [0.25, 0.3) is 9.21 Å². The molecule has 0 saturated heterocycles. The minimum Gasteiger partial charge on any atom is -0.442 e. The van der Waals surface area contributed by atoms with E-state index < -0.39 is 9.21 Å². The Morgan fingerprint density at radius 3 is 2.53 bits per heavy atom. The van der Waals surface area contributed by atoms with Crippen molar-refractivity contribution in [1.82, 2.24) is 4.98 Å². The van der Waals surface area contributed by atoms with Gasteiger partial charge in [-0.1, -0.05) is 0 Å². The maximum atomic E-state index is 5.79. The van der Waals surface area contributed by atoms with Crippen molar-refractivity contribution in [3.8, 4) is 5.88 Å². The van der Waals surface area contributed by atoms with Gasteiger partial charge in [-0.25, -0.2) is 4.98 Å². The molecule has 0 radical (unpaired) electrons. The second-order valence-corrected chi connectivity index (χ2v) is 6.76. The zero-order valence-electron chi connectivity index (χ0n) is 9.57. The van der Waals surface area contributed by atoms with Crippen LogP contribution < -0.4 is 4.74 Å². The molecular weight excluding hydrogens is 354 g/mol. The minimum atomic E-state index is -1.03. The second kappa shape index (κ2) is 4.84. The van der Waals surface area contributed by atoms with Gasteiger partial charge in [-0.05, 0) is 57.8 Å². The van der Waals surface area contributed by atoms with E-state index in [1.807, 2.05) is 26.0 Å². The molecule has 94 valence electrons. The topological polar surface area (TPSA) is 40.6 Å². The van der Waals surface area contributed by atoms with Crippen molar-refractivity contribution in [2.24, 2.45) is 0 Å². The van der Waals surface area contributed by atoms with Crippen LogP contribution in [0, 0.1) is 0 Å². The summed E-state index contributed by atoms with van der Waals surface area (Å²) >= 11 is 6.91. The number of pyridine rings is 1.